The van der Waals surface area contributed by atoms with E-state index in [-0.39, 0.29) is 17.8 Å². The SMILES string of the molecule is CCOC(=O)C1CCCN(CC(=O)N(C)Cc2ccc(N(C)C)cc2)C1. The van der Waals surface area contributed by atoms with Crippen molar-refractivity contribution in [3.05, 3.63) is 29.8 Å². The lowest BCUT2D eigenvalue weighted by atomic mass is 9.98. The number of carbonyl (C=O) groups excluding carboxylic acids is 2. The van der Waals surface area contributed by atoms with E-state index in [0.717, 1.165) is 30.6 Å². The van der Waals surface area contributed by atoms with Crippen LogP contribution in [0, 0.1) is 5.92 Å². The third-order valence-electron chi connectivity index (χ3n) is 4.78. The first-order chi connectivity index (χ1) is 12.4. The predicted octanol–water partition coefficient (Wildman–Crippen LogP) is 1.99. The van der Waals surface area contributed by atoms with Crippen molar-refractivity contribution in [3.8, 4) is 0 Å². The number of ether oxygens (including phenoxy) is 1. The molecule has 1 aliphatic heterocycles. The summed E-state index contributed by atoms with van der Waals surface area (Å²) in [5.74, 6) is -0.175. The first-order valence-electron chi connectivity index (χ1n) is 9.30. The van der Waals surface area contributed by atoms with Gasteiger partial charge >= 0.3 is 5.97 Å². The van der Waals surface area contributed by atoms with Crippen LogP contribution in [0.5, 0.6) is 0 Å². The largest absolute Gasteiger partial charge is 0.466 e. The van der Waals surface area contributed by atoms with Gasteiger partial charge in [0.2, 0.25) is 5.91 Å². The number of hydrogen-bond donors (Lipinski definition) is 0. The van der Waals surface area contributed by atoms with E-state index >= 15 is 0 Å². The van der Waals surface area contributed by atoms with Gasteiger partial charge in [-0.05, 0) is 44.0 Å². The summed E-state index contributed by atoms with van der Waals surface area (Å²) in [7, 11) is 5.84. The van der Waals surface area contributed by atoms with Crippen molar-refractivity contribution in [2.75, 3.05) is 52.3 Å². The van der Waals surface area contributed by atoms with Gasteiger partial charge in [-0.2, -0.15) is 0 Å². The molecule has 26 heavy (non-hydrogen) atoms. The minimum Gasteiger partial charge on any atom is -0.466 e. The number of hydrogen-bond acceptors (Lipinski definition) is 5. The second-order valence-electron chi connectivity index (χ2n) is 7.14. The van der Waals surface area contributed by atoms with Crippen molar-refractivity contribution in [3.63, 3.8) is 0 Å². The average molecular weight is 361 g/mol. The van der Waals surface area contributed by atoms with Crippen molar-refractivity contribution >= 4 is 17.6 Å². The third kappa shape index (κ3) is 5.73. The topological polar surface area (TPSA) is 53.1 Å². The Morgan fingerprint density at radius 3 is 2.50 bits per heavy atom. The molecule has 0 bridgehead atoms. The third-order valence-corrected chi connectivity index (χ3v) is 4.78. The summed E-state index contributed by atoms with van der Waals surface area (Å²) in [5, 5.41) is 0. The number of carbonyl (C=O) groups is 2. The maximum Gasteiger partial charge on any atom is 0.310 e. The van der Waals surface area contributed by atoms with Crippen LogP contribution in [-0.2, 0) is 20.9 Å². The molecule has 0 saturated carbocycles. The summed E-state index contributed by atoms with van der Waals surface area (Å²) in [5.41, 5.74) is 2.25. The molecule has 2 rings (SSSR count). The fourth-order valence-electron chi connectivity index (χ4n) is 3.23. The lowest BCUT2D eigenvalue weighted by Crippen LogP contribution is -2.44. The Kier molecular flexibility index (Phi) is 7.45. The Bertz CT molecular complexity index is 601. The van der Waals surface area contributed by atoms with Crippen molar-refractivity contribution in [2.24, 2.45) is 5.92 Å². The van der Waals surface area contributed by atoms with Crippen molar-refractivity contribution in [2.45, 2.75) is 26.3 Å². The van der Waals surface area contributed by atoms with E-state index in [2.05, 4.69) is 34.1 Å². The van der Waals surface area contributed by atoms with E-state index in [0.29, 0.717) is 26.2 Å². The summed E-state index contributed by atoms with van der Waals surface area (Å²) in [4.78, 5) is 30.4. The van der Waals surface area contributed by atoms with Crippen LogP contribution in [0.25, 0.3) is 0 Å². The van der Waals surface area contributed by atoms with Crippen LogP contribution in [0.2, 0.25) is 0 Å². The monoisotopic (exact) mass is 361 g/mol. The van der Waals surface area contributed by atoms with Gasteiger partial charge in [0.05, 0.1) is 19.1 Å². The number of piperidine rings is 1. The van der Waals surface area contributed by atoms with Gasteiger partial charge in [-0.1, -0.05) is 12.1 Å². The molecule has 1 amide bonds. The van der Waals surface area contributed by atoms with E-state index < -0.39 is 0 Å². The maximum atomic E-state index is 12.6. The molecule has 0 aliphatic carbocycles. The van der Waals surface area contributed by atoms with Crippen molar-refractivity contribution < 1.29 is 14.3 Å². The minimum atomic E-state index is -0.140. The molecule has 0 radical (unpaired) electrons. The van der Waals surface area contributed by atoms with E-state index in [9.17, 15) is 9.59 Å². The Labute approximate surface area is 156 Å². The number of likely N-dealkylation sites (tertiary alicyclic amines) is 1. The highest BCUT2D eigenvalue weighted by Gasteiger charge is 2.28. The van der Waals surface area contributed by atoms with E-state index in [1.165, 1.54) is 0 Å². The Hall–Kier alpha value is -2.08. The van der Waals surface area contributed by atoms with Crippen LogP contribution in [-0.4, -0.2) is 69.1 Å². The molecule has 1 aliphatic rings. The summed E-state index contributed by atoms with van der Waals surface area (Å²) in [6.07, 6.45) is 1.77. The molecule has 0 aromatic heterocycles. The Morgan fingerprint density at radius 1 is 1.19 bits per heavy atom. The second-order valence-corrected chi connectivity index (χ2v) is 7.14. The zero-order valence-electron chi connectivity index (χ0n) is 16.4. The highest BCUT2D eigenvalue weighted by molar-refractivity contribution is 5.78. The fourth-order valence-corrected chi connectivity index (χ4v) is 3.23. The summed E-state index contributed by atoms with van der Waals surface area (Å²) >= 11 is 0. The van der Waals surface area contributed by atoms with Gasteiger partial charge in [0, 0.05) is 39.9 Å². The Balaban J connectivity index is 1.85. The quantitative estimate of drug-likeness (QED) is 0.695. The van der Waals surface area contributed by atoms with Crippen LogP contribution in [0.1, 0.15) is 25.3 Å². The predicted molar refractivity (Wildman–Crippen MR) is 103 cm³/mol. The van der Waals surface area contributed by atoms with Gasteiger partial charge in [-0.25, -0.2) is 0 Å². The van der Waals surface area contributed by atoms with Gasteiger partial charge in [0.1, 0.15) is 0 Å². The summed E-state index contributed by atoms with van der Waals surface area (Å²) in [6.45, 7) is 4.62. The highest BCUT2D eigenvalue weighted by atomic mass is 16.5. The summed E-state index contributed by atoms with van der Waals surface area (Å²) in [6, 6.07) is 8.22. The molecular weight excluding hydrogens is 330 g/mol. The van der Waals surface area contributed by atoms with Crippen molar-refractivity contribution in [1.82, 2.24) is 9.80 Å². The second kappa shape index (κ2) is 9.57. The molecule has 144 valence electrons. The van der Waals surface area contributed by atoms with Crippen LogP contribution in [0.4, 0.5) is 5.69 Å². The molecule has 1 aromatic rings. The van der Waals surface area contributed by atoms with E-state index in [4.69, 9.17) is 4.74 Å². The highest BCUT2D eigenvalue weighted by Crippen LogP contribution is 2.18. The molecule has 6 heteroatoms. The van der Waals surface area contributed by atoms with Crippen LogP contribution in [0.15, 0.2) is 24.3 Å². The number of amides is 1. The lowest BCUT2D eigenvalue weighted by molar-refractivity contribution is -0.150. The van der Waals surface area contributed by atoms with Gasteiger partial charge < -0.3 is 14.5 Å². The van der Waals surface area contributed by atoms with Gasteiger partial charge in [0.15, 0.2) is 0 Å². The number of benzene rings is 1. The molecule has 1 atom stereocenters. The van der Waals surface area contributed by atoms with Gasteiger partial charge in [-0.3, -0.25) is 14.5 Å². The lowest BCUT2D eigenvalue weighted by Gasteiger charge is -2.32. The fraction of sp³-hybridized carbons (Fsp3) is 0.600. The average Bonchev–Trinajstić information content (AvgIpc) is 2.62. The number of anilines is 1. The van der Waals surface area contributed by atoms with Crippen molar-refractivity contribution in [1.29, 1.82) is 0 Å². The van der Waals surface area contributed by atoms with Gasteiger partial charge in [-0.15, -0.1) is 0 Å². The smallest absolute Gasteiger partial charge is 0.310 e. The number of esters is 1. The molecule has 6 nitrogen and oxygen atoms in total. The molecule has 1 saturated heterocycles. The molecule has 1 unspecified atom stereocenters. The number of rotatable bonds is 7. The van der Waals surface area contributed by atoms with Crippen LogP contribution < -0.4 is 4.90 Å². The zero-order chi connectivity index (χ0) is 19.1. The van der Waals surface area contributed by atoms with Crippen LogP contribution >= 0.6 is 0 Å². The van der Waals surface area contributed by atoms with E-state index in [1.807, 2.05) is 28.1 Å². The molecule has 0 N–H and O–H groups in total. The Morgan fingerprint density at radius 2 is 1.88 bits per heavy atom. The standard InChI is InChI=1S/C20H31N3O3/c1-5-26-20(25)17-7-6-12-23(14-17)15-19(24)22(4)13-16-8-10-18(11-9-16)21(2)3/h8-11,17H,5-7,12-15H2,1-4H3. The minimum absolute atomic E-state index is 0.0752. The molecule has 1 heterocycles. The maximum absolute atomic E-state index is 12.6. The van der Waals surface area contributed by atoms with Gasteiger partial charge in [0.25, 0.3) is 0 Å². The molecule has 1 aromatic carbocycles. The first kappa shape index (κ1) is 20.2. The summed E-state index contributed by atoms with van der Waals surface area (Å²) < 4.78 is 5.12. The zero-order valence-corrected chi connectivity index (χ0v) is 16.4. The number of nitrogens with zero attached hydrogens (tertiary/aromatic N) is 3. The van der Waals surface area contributed by atoms with E-state index in [1.54, 1.807) is 4.90 Å². The normalized spacial score (nSPS) is 17.6. The molecular formula is C20H31N3O3. The first-order valence-corrected chi connectivity index (χ1v) is 9.30. The van der Waals surface area contributed by atoms with Crippen LogP contribution in [0.3, 0.4) is 0 Å². The number of likely N-dealkylation sites (N-methyl/N-ethyl adjacent to an activating group) is 1. The molecule has 1 fully saturated rings. The molecule has 0 spiro atoms.